The minimum atomic E-state index is -4.56. The number of aliphatic hydroxyl groups excluding tert-OH is 1. The van der Waals surface area contributed by atoms with E-state index in [2.05, 4.69) is 5.32 Å². The third-order valence-electron chi connectivity index (χ3n) is 2.47. The Hall–Kier alpha value is -1.31. The Bertz CT molecular complexity index is 480. The summed E-state index contributed by atoms with van der Waals surface area (Å²) < 4.78 is 42.9. The maximum atomic E-state index is 12.6. The zero-order valence-electron chi connectivity index (χ0n) is 11.0. The summed E-state index contributed by atoms with van der Waals surface area (Å²) in [7, 11) is 0. The smallest absolute Gasteiger partial charge is 0.396 e. The SMILES string of the molecule is O=C(NCCOCCCO)c1cc(Cl)cc(C(F)(F)F)c1. The number of halogens is 4. The molecule has 0 heterocycles. The van der Waals surface area contributed by atoms with Crippen LogP contribution in [-0.4, -0.2) is 37.4 Å². The van der Waals surface area contributed by atoms with Crippen molar-refractivity contribution in [2.45, 2.75) is 12.6 Å². The van der Waals surface area contributed by atoms with Gasteiger partial charge < -0.3 is 15.2 Å². The Morgan fingerprint density at radius 2 is 2.00 bits per heavy atom. The molecule has 0 aromatic heterocycles. The quantitative estimate of drug-likeness (QED) is 0.757. The van der Waals surface area contributed by atoms with Crippen molar-refractivity contribution < 1.29 is 27.8 Å². The second kappa shape index (κ2) is 8.21. The lowest BCUT2D eigenvalue weighted by Crippen LogP contribution is -2.27. The van der Waals surface area contributed by atoms with Crippen LogP contribution < -0.4 is 5.32 Å². The van der Waals surface area contributed by atoms with Crippen molar-refractivity contribution >= 4 is 17.5 Å². The van der Waals surface area contributed by atoms with E-state index >= 15 is 0 Å². The molecule has 4 nitrogen and oxygen atoms in total. The molecule has 8 heteroatoms. The Morgan fingerprint density at radius 3 is 2.62 bits per heavy atom. The number of amides is 1. The monoisotopic (exact) mass is 325 g/mol. The molecule has 0 atom stereocenters. The van der Waals surface area contributed by atoms with Gasteiger partial charge in [0.05, 0.1) is 12.2 Å². The Kier molecular flexibility index (Phi) is 6.94. The number of hydrogen-bond acceptors (Lipinski definition) is 3. The fourth-order valence-electron chi connectivity index (χ4n) is 1.49. The highest BCUT2D eigenvalue weighted by atomic mass is 35.5. The summed E-state index contributed by atoms with van der Waals surface area (Å²) in [5.74, 6) is -0.659. The van der Waals surface area contributed by atoms with E-state index in [9.17, 15) is 18.0 Å². The van der Waals surface area contributed by atoms with Crippen molar-refractivity contribution in [1.29, 1.82) is 0 Å². The minimum Gasteiger partial charge on any atom is -0.396 e. The average molecular weight is 326 g/mol. The molecule has 0 spiro atoms. The summed E-state index contributed by atoms with van der Waals surface area (Å²) in [6, 6.07) is 2.67. The molecular formula is C13H15ClF3NO3. The molecule has 0 saturated heterocycles. The van der Waals surface area contributed by atoms with Gasteiger partial charge in [-0.15, -0.1) is 0 Å². The van der Waals surface area contributed by atoms with Crippen molar-refractivity contribution in [1.82, 2.24) is 5.32 Å². The lowest BCUT2D eigenvalue weighted by molar-refractivity contribution is -0.137. The van der Waals surface area contributed by atoms with Gasteiger partial charge in [-0.1, -0.05) is 11.6 Å². The predicted octanol–water partition coefficient (Wildman–Crippen LogP) is 2.49. The number of ether oxygens (including phenoxy) is 1. The van der Waals surface area contributed by atoms with Gasteiger partial charge in [-0.2, -0.15) is 13.2 Å². The second-order valence-electron chi connectivity index (χ2n) is 4.17. The fraction of sp³-hybridized carbons (Fsp3) is 0.462. The molecule has 118 valence electrons. The molecule has 1 rings (SSSR count). The summed E-state index contributed by atoms with van der Waals surface area (Å²) >= 11 is 5.59. The van der Waals surface area contributed by atoms with E-state index in [1.165, 1.54) is 6.07 Å². The van der Waals surface area contributed by atoms with Gasteiger partial charge in [0.2, 0.25) is 0 Å². The van der Waals surface area contributed by atoms with E-state index in [-0.39, 0.29) is 30.3 Å². The number of benzene rings is 1. The molecule has 0 fully saturated rings. The van der Waals surface area contributed by atoms with Crippen molar-refractivity contribution in [3.05, 3.63) is 34.3 Å². The number of nitrogens with one attached hydrogen (secondary N) is 1. The first-order valence-electron chi connectivity index (χ1n) is 6.19. The van der Waals surface area contributed by atoms with E-state index in [1.54, 1.807) is 0 Å². The summed E-state index contributed by atoms with van der Waals surface area (Å²) in [6.07, 6.45) is -4.08. The zero-order valence-corrected chi connectivity index (χ0v) is 11.8. The normalized spacial score (nSPS) is 11.5. The van der Waals surface area contributed by atoms with E-state index in [0.717, 1.165) is 12.1 Å². The summed E-state index contributed by atoms with van der Waals surface area (Å²) in [5, 5.41) is 10.8. The number of alkyl halides is 3. The van der Waals surface area contributed by atoms with E-state index in [0.29, 0.717) is 13.0 Å². The number of carbonyl (C=O) groups is 1. The minimum absolute atomic E-state index is 0.00902. The van der Waals surface area contributed by atoms with Gasteiger partial charge in [0.1, 0.15) is 0 Å². The first kappa shape index (κ1) is 17.7. The van der Waals surface area contributed by atoms with Crippen molar-refractivity contribution in [2.75, 3.05) is 26.4 Å². The first-order chi connectivity index (χ1) is 9.84. The van der Waals surface area contributed by atoms with Crippen LogP contribution in [0.15, 0.2) is 18.2 Å². The van der Waals surface area contributed by atoms with Crippen LogP contribution in [0.5, 0.6) is 0 Å². The van der Waals surface area contributed by atoms with Crippen molar-refractivity contribution in [3.8, 4) is 0 Å². The third-order valence-corrected chi connectivity index (χ3v) is 2.68. The molecule has 1 aromatic carbocycles. The first-order valence-corrected chi connectivity index (χ1v) is 6.57. The number of carbonyl (C=O) groups excluding carboxylic acids is 1. The maximum Gasteiger partial charge on any atom is 0.416 e. The molecule has 0 radical (unpaired) electrons. The van der Waals surface area contributed by atoms with Crippen molar-refractivity contribution in [3.63, 3.8) is 0 Å². The van der Waals surface area contributed by atoms with Crippen LogP contribution in [-0.2, 0) is 10.9 Å². The van der Waals surface area contributed by atoms with Gasteiger partial charge in [0, 0.05) is 30.3 Å². The molecular weight excluding hydrogens is 311 g/mol. The molecule has 0 saturated carbocycles. The van der Waals surface area contributed by atoms with E-state index < -0.39 is 17.6 Å². The van der Waals surface area contributed by atoms with E-state index in [1.807, 2.05) is 0 Å². The van der Waals surface area contributed by atoms with Gasteiger partial charge in [0.15, 0.2) is 0 Å². The van der Waals surface area contributed by atoms with Gasteiger partial charge in [-0.3, -0.25) is 4.79 Å². The molecule has 2 N–H and O–H groups in total. The molecule has 0 aliphatic heterocycles. The zero-order chi connectivity index (χ0) is 15.9. The number of rotatable bonds is 7. The lowest BCUT2D eigenvalue weighted by atomic mass is 10.1. The highest BCUT2D eigenvalue weighted by Crippen LogP contribution is 2.31. The number of hydrogen-bond donors (Lipinski definition) is 2. The molecule has 0 aliphatic carbocycles. The van der Waals surface area contributed by atoms with Crippen LogP contribution in [0.1, 0.15) is 22.3 Å². The highest BCUT2D eigenvalue weighted by Gasteiger charge is 2.31. The summed E-state index contributed by atoms with van der Waals surface area (Å²) in [4.78, 5) is 11.7. The third kappa shape index (κ3) is 6.33. The molecule has 1 aromatic rings. The Labute approximate surface area is 124 Å². The molecule has 1 amide bonds. The van der Waals surface area contributed by atoms with Crippen LogP contribution in [0, 0.1) is 0 Å². The highest BCUT2D eigenvalue weighted by molar-refractivity contribution is 6.31. The van der Waals surface area contributed by atoms with Gasteiger partial charge in [-0.25, -0.2) is 0 Å². The van der Waals surface area contributed by atoms with Crippen LogP contribution >= 0.6 is 11.6 Å². The lowest BCUT2D eigenvalue weighted by Gasteiger charge is -2.10. The second-order valence-corrected chi connectivity index (χ2v) is 4.61. The van der Waals surface area contributed by atoms with Crippen LogP contribution in [0.25, 0.3) is 0 Å². The number of aliphatic hydroxyl groups is 1. The fourth-order valence-corrected chi connectivity index (χ4v) is 1.73. The molecule has 0 aliphatic rings. The molecule has 0 unspecified atom stereocenters. The Morgan fingerprint density at radius 1 is 1.29 bits per heavy atom. The van der Waals surface area contributed by atoms with Crippen LogP contribution in [0.3, 0.4) is 0 Å². The summed E-state index contributed by atoms with van der Waals surface area (Å²) in [6.45, 7) is 0.716. The van der Waals surface area contributed by atoms with Gasteiger partial charge in [0.25, 0.3) is 5.91 Å². The topological polar surface area (TPSA) is 58.6 Å². The van der Waals surface area contributed by atoms with Gasteiger partial charge >= 0.3 is 6.18 Å². The van der Waals surface area contributed by atoms with E-state index in [4.69, 9.17) is 21.4 Å². The predicted molar refractivity (Wildman–Crippen MR) is 71.3 cm³/mol. The molecule has 0 bridgehead atoms. The maximum absolute atomic E-state index is 12.6. The Balaban J connectivity index is 2.56. The van der Waals surface area contributed by atoms with Crippen molar-refractivity contribution in [2.24, 2.45) is 0 Å². The summed E-state index contributed by atoms with van der Waals surface area (Å²) in [5.41, 5.74) is -1.13. The van der Waals surface area contributed by atoms with Gasteiger partial charge in [-0.05, 0) is 24.6 Å². The largest absolute Gasteiger partial charge is 0.416 e. The standard InChI is InChI=1S/C13H15ClF3NO3/c14-11-7-9(6-10(8-11)13(15,16)17)12(20)18-2-5-21-4-1-3-19/h6-8,19H,1-5H2,(H,18,20). The average Bonchev–Trinajstić information content (AvgIpc) is 2.40. The van der Waals surface area contributed by atoms with Crippen LogP contribution in [0.2, 0.25) is 5.02 Å². The molecule has 21 heavy (non-hydrogen) atoms. The van der Waals surface area contributed by atoms with Crippen LogP contribution in [0.4, 0.5) is 13.2 Å².